The zero-order valence-corrected chi connectivity index (χ0v) is 12.1. The maximum atomic E-state index is 11.8. The summed E-state index contributed by atoms with van der Waals surface area (Å²) in [5.41, 5.74) is 0.412. The number of amides is 1. The Morgan fingerprint density at radius 1 is 1.44 bits per heavy atom. The minimum atomic E-state index is -0.134. The average molecular weight is 313 g/mol. The lowest BCUT2D eigenvalue weighted by molar-refractivity contribution is 0.0925. The van der Waals surface area contributed by atoms with E-state index in [4.69, 9.17) is 11.6 Å². The Labute approximate surface area is 124 Å². The molecular formula is C11H16Cl3N3O. The molecule has 102 valence electrons. The summed E-state index contributed by atoms with van der Waals surface area (Å²) < 4.78 is 0. The number of nitrogens with zero attached hydrogens (tertiary/aromatic N) is 1. The number of carbonyl (C=O) groups is 1. The summed E-state index contributed by atoms with van der Waals surface area (Å²) in [4.78, 5) is 15.8. The first kappa shape index (κ1) is 17.4. The van der Waals surface area contributed by atoms with Crippen molar-refractivity contribution in [3.63, 3.8) is 0 Å². The van der Waals surface area contributed by atoms with E-state index in [0.29, 0.717) is 10.7 Å². The van der Waals surface area contributed by atoms with Crippen LogP contribution in [0.2, 0.25) is 5.02 Å². The van der Waals surface area contributed by atoms with E-state index in [1.807, 2.05) is 0 Å². The lowest BCUT2D eigenvalue weighted by Crippen LogP contribution is -2.45. The number of carbonyl (C=O) groups excluding carboxylic acids is 1. The van der Waals surface area contributed by atoms with Crippen molar-refractivity contribution in [1.29, 1.82) is 0 Å². The Hall–Kier alpha value is -0.550. The molecule has 1 unspecified atom stereocenters. The lowest BCUT2D eigenvalue weighted by atomic mass is 10.1. The molecule has 1 aliphatic heterocycles. The topological polar surface area (TPSA) is 54.0 Å². The molecule has 0 aliphatic carbocycles. The van der Waals surface area contributed by atoms with Gasteiger partial charge in [-0.25, -0.2) is 4.98 Å². The molecule has 2 heterocycles. The van der Waals surface area contributed by atoms with Crippen molar-refractivity contribution in [2.75, 3.05) is 13.1 Å². The minimum absolute atomic E-state index is 0. The van der Waals surface area contributed by atoms with E-state index in [2.05, 4.69) is 15.6 Å². The molecule has 1 aromatic rings. The first-order valence-corrected chi connectivity index (χ1v) is 5.76. The van der Waals surface area contributed by atoms with Gasteiger partial charge in [0.15, 0.2) is 0 Å². The Kier molecular flexibility index (Phi) is 8.27. The zero-order chi connectivity index (χ0) is 11.4. The van der Waals surface area contributed by atoms with Gasteiger partial charge in [0.05, 0.1) is 5.02 Å². The summed E-state index contributed by atoms with van der Waals surface area (Å²) in [6.45, 7) is 1.87. The molecule has 0 spiro atoms. The number of hydrogen-bond donors (Lipinski definition) is 2. The molecule has 0 radical (unpaired) electrons. The summed E-state index contributed by atoms with van der Waals surface area (Å²) in [6, 6.07) is 3.51. The van der Waals surface area contributed by atoms with Gasteiger partial charge in [-0.15, -0.1) is 24.8 Å². The highest BCUT2D eigenvalue weighted by Gasteiger charge is 2.16. The van der Waals surface area contributed by atoms with E-state index in [1.54, 1.807) is 12.1 Å². The van der Waals surface area contributed by atoms with Gasteiger partial charge in [-0.3, -0.25) is 4.79 Å². The van der Waals surface area contributed by atoms with Gasteiger partial charge in [0.25, 0.3) is 5.91 Å². The SMILES string of the molecule is Cl.Cl.O=C(NC1CCCNC1)c1ccc(Cl)cn1. The predicted octanol–water partition coefficient (Wildman–Crippen LogP) is 2.06. The van der Waals surface area contributed by atoms with E-state index in [9.17, 15) is 4.79 Å². The van der Waals surface area contributed by atoms with E-state index in [-0.39, 0.29) is 36.8 Å². The fraction of sp³-hybridized carbons (Fsp3) is 0.455. The molecule has 1 aliphatic rings. The third-order valence-corrected chi connectivity index (χ3v) is 2.82. The zero-order valence-electron chi connectivity index (χ0n) is 9.69. The van der Waals surface area contributed by atoms with Crippen molar-refractivity contribution >= 4 is 42.3 Å². The van der Waals surface area contributed by atoms with Gasteiger partial charge in [-0.1, -0.05) is 11.6 Å². The summed E-state index contributed by atoms with van der Waals surface area (Å²) in [7, 11) is 0. The molecule has 1 amide bonds. The summed E-state index contributed by atoms with van der Waals surface area (Å²) in [5, 5.41) is 6.73. The third-order valence-electron chi connectivity index (χ3n) is 2.59. The van der Waals surface area contributed by atoms with Crippen LogP contribution in [0.25, 0.3) is 0 Å². The quantitative estimate of drug-likeness (QED) is 0.879. The third kappa shape index (κ3) is 4.98. The average Bonchev–Trinajstić information content (AvgIpc) is 2.31. The molecule has 4 nitrogen and oxygen atoms in total. The first-order valence-electron chi connectivity index (χ1n) is 5.39. The van der Waals surface area contributed by atoms with Crippen molar-refractivity contribution < 1.29 is 4.79 Å². The first-order chi connectivity index (χ1) is 7.75. The maximum Gasteiger partial charge on any atom is 0.270 e. The molecule has 2 N–H and O–H groups in total. The monoisotopic (exact) mass is 311 g/mol. The van der Waals surface area contributed by atoms with Gasteiger partial charge in [0.2, 0.25) is 0 Å². The highest BCUT2D eigenvalue weighted by atomic mass is 35.5. The van der Waals surface area contributed by atoms with Crippen molar-refractivity contribution in [1.82, 2.24) is 15.6 Å². The lowest BCUT2D eigenvalue weighted by Gasteiger charge is -2.23. The molecule has 1 atom stereocenters. The van der Waals surface area contributed by atoms with Gasteiger partial charge in [0, 0.05) is 18.8 Å². The van der Waals surface area contributed by atoms with Crippen molar-refractivity contribution in [2.45, 2.75) is 18.9 Å². The molecule has 1 aromatic heterocycles. The molecule has 0 aromatic carbocycles. The smallest absolute Gasteiger partial charge is 0.270 e. The largest absolute Gasteiger partial charge is 0.347 e. The van der Waals surface area contributed by atoms with Crippen LogP contribution < -0.4 is 10.6 Å². The molecule has 7 heteroatoms. The molecule has 0 bridgehead atoms. The van der Waals surface area contributed by atoms with Gasteiger partial charge < -0.3 is 10.6 Å². The summed E-state index contributed by atoms with van der Waals surface area (Å²) in [6.07, 6.45) is 3.60. The van der Waals surface area contributed by atoms with Crippen LogP contribution in [0.3, 0.4) is 0 Å². The van der Waals surface area contributed by atoms with Crippen molar-refractivity contribution in [2.24, 2.45) is 0 Å². The Balaban J connectivity index is 0.00000144. The van der Waals surface area contributed by atoms with Gasteiger partial charge in [-0.2, -0.15) is 0 Å². The number of nitrogens with one attached hydrogen (secondary N) is 2. The number of piperidine rings is 1. The van der Waals surface area contributed by atoms with Crippen LogP contribution in [0, 0.1) is 0 Å². The molecular weight excluding hydrogens is 296 g/mol. The molecule has 18 heavy (non-hydrogen) atoms. The van der Waals surface area contributed by atoms with Gasteiger partial charge in [-0.05, 0) is 31.5 Å². The molecule has 0 saturated carbocycles. The summed E-state index contributed by atoms with van der Waals surface area (Å²) in [5.74, 6) is -0.134. The van der Waals surface area contributed by atoms with Gasteiger partial charge >= 0.3 is 0 Å². The highest BCUT2D eigenvalue weighted by molar-refractivity contribution is 6.30. The Morgan fingerprint density at radius 2 is 2.22 bits per heavy atom. The second-order valence-electron chi connectivity index (χ2n) is 3.88. The van der Waals surface area contributed by atoms with Crippen LogP contribution in [0.1, 0.15) is 23.3 Å². The van der Waals surface area contributed by atoms with E-state index >= 15 is 0 Å². The van der Waals surface area contributed by atoms with Crippen LogP contribution in [-0.2, 0) is 0 Å². The standard InChI is InChI=1S/C11H14ClN3O.2ClH/c12-8-3-4-10(14-6-8)11(16)15-9-2-1-5-13-7-9;;/h3-4,6,9,13H,1-2,5,7H2,(H,15,16);2*1H. The van der Waals surface area contributed by atoms with Crippen LogP contribution in [0.15, 0.2) is 18.3 Å². The second kappa shape index (κ2) is 8.53. The van der Waals surface area contributed by atoms with Gasteiger partial charge in [0.1, 0.15) is 5.69 Å². The maximum absolute atomic E-state index is 11.8. The number of pyridine rings is 1. The fourth-order valence-electron chi connectivity index (χ4n) is 1.74. The number of rotatable bonds is 2. The van der Waals surface area contributed by atoms with Crippen molar-refractivity contribution in [3.05, 3.63) is 29.0 Å². The minimum Gasteiger partial charge on any atom is -0.347 e. The van der Waals surface area contributed by atoms with Crippen LogP contribution in [0.4, 0.5) is 0 Å². The normalized spacial score (nSPS) is 18.2. The second-order valence-corrected chi connectivity index (χ2v) is 4.31. The summed E-state index contributed by atoms with van der Waals surface area (Å²) >= 11 is 5.70. The van der Waals surface area contributed by atoms with Crippen LogP contribution in [0.5, 0.6) is 0 Å². The predicted molar refractivity (Wildman–Crippen MR) is 77.1 cm³/mol. The van der Waals surface area contributed by atoms with Crippen molar-refractivity contribution in [3.8, 4) is 0 Å². The van der Waals surface area contributed by atoms with E-state index < -0.39 is 0 Å². The number of hydrogen-bond acceptors (Lipinski definition) is 3. The van der Waals surface area contributed by atoms with E-state index in [0.717, 1.165) is 25.9 Å². The molecule has 1 fully saturated rings. The number of halogens is 3. The number of aromatic nitrogens is 1. The fourth-order valence-corrected chi connectivity index (χ4v) is 1.86. The Bertz CT molecular complexity index is 366. The van der Waals surface area contributed by atoms with Crippen LogP contribution >= 0.6 is 36.4 Å². The molecule has 2 rings (SSSR count). The molecule has 1 saturated heterocycles. The van der Waals surface area contributed by atoms with Crippen LogP contribution in [-0.4, -0.2) is 30.0 Å². The highest BCUT2D eigenvalue weighted by Crippen LogP contribution is 2.07. The van der Waals surface area contributed by atoms with E-state index in [1.165, 1.54) is 6.20 Å². The Morgan fingerprint density at radius 3 is 2.78 bits per heavy atom.